The zero-order chi connectivity index (χ0) is 12.1. The molecule has 0 saturated heterocycles. The van der Waals surface area contributed by atoms with Crippen molar-refractivity contribution in [1.82, 2.24) is 15.2 Å². The Bertz CT molecular complexity index is 519. The minimum atomic E-state index is -0.342. The van der Waals surface area contributed by atoms with Gasteiger partial charge in [0, 0.05) is 6.08 Å². The van der Waals surface area contributed by atoms with Crippen LogP contribution in [0.1, 0.15) is 5.56 Å². The summed E-state index contributed by atoms with van der Waals surface area (Å²) in [4.78, 5) is 15.1. The molecule has 1 aromatic heterocycles. The van der Waals surface area contributed by atoms with E-state index in [1.54, 1.807) is 18.2 Å². The molecule has 5 nitrogen and oxygen atoms in total. The Morgan fingerprint density at radius 2 is 2.12 bits per heavy atom. The molecule has 6 heteroatoms. The summed E-state index contributed by atoms with van der Waals surface area (Å²) in [5.74, 6) is -0.377. The van der Waals surface area contributed by atoms with E-state index in [0.29, 0.717) is 0 Å². The van der Waals surface area contributed by atoms with Gasteiger partial charge in [-0.05, 0) is 23.8 Å². The molecule has 0 aliphatic rings. The highest BCUT2D eigenvalue weighted by molar-refractivity contribution is 6.00. The van der Waals surface area contributed by atoms with Crippen LogP contribution < -0.4 is 5.32 Å². The Labute approximate surface area is 96.4 Å². The fourth-order valence-electron chi connectivity index (χ4n) is 1.17. The van der Waals surface area contributed by atoms with E-state index in [0.717, 1.165) is 5.56 Å². The maximum absolute atomic E-state index is 12.6. The number of carbonyl (C=O) groups is 1. The van der Waals surface area contributed by atoms with Crippen LogP contribution in [-0.4, -0.2) is 21.1 Å². The number of anilines is 1. The van der Waals surface area contributed by atoms with Gasteiger partial charge in [0.15, 0.2) is 0 Å². The lowest BCUT2D eigenvalue weighted by atomic mass is 10.2. The van der Waals surface area contributed by atoms with Gasteiger partial charge < -0.3 is 0 Å². The molecule has 1 amide bonds. The molecular formula is C11H9FN4O. The number of rotatable bonds is 3. The van der Waals surface area contributed by atoms with Gasteiger partial charge in [0.2, 0.25) is 5.95 Å². The molecule has 0 aliphatic heterocycles. The third-order valence-electron chi connectivity index (χ3n) is 1.95. The predicted octanol–water partition coefficient (Wildman–Crippen LogP) is 1.60. The highest BCUT2D eigenvalue weighted by Gasteiger charge is 1.99. The molecule has 17 heavy (non-hydrogen) atoms. The monoisotopic (exact) mass is 232 g/mol. The summed E-state index contributed by atoms with van der Waals surface area (Å²) in [5, 5.41) is 8.56. The molecule has 2 N–H and O–H groups in total. The van der Waals surface area contributed by atoms with Crippen LogP contribution in [0.2, 0.25) is 0 Å². The normalized spacial score (nSPS) is 10.6. The average Bonchev–Trinajstić information content (AvgIpc) is 2.81. The minimum absolute atomic E-state index is 0.277. The first-order chi connectivity index (χ1) is 8.24. The third-order valence-corrected chi connectivity index (χ3v) is 1.95. The van der Waals surface area contributed by atoms with Crippen molar-refractivity contribution in [3.8, 4) is 0 Å². The molecule has 0 radical (unpaired) electrons. The van der Waals surface area contributed by atoms with Crippen molar-refractivity contribution in [2.24, 2.45) is 0 Å². The van der Waals surface area contributed by atoms with E-state index in [1.165, 1.54) is 24.5 Å². The van der Waals surface area contributed by atoms with E-state index in [1.807, 2.05) is 0 Å². The number of hydrogen-bond donors (Lipinski definition) is 2. The zero-order valence-corrected chi connectivity index (χ0v) is 8.72. The quantitative estimate of drug-likeness (QED) is 0.789. The molecule has 0 spiro atoms. The smallest absolute Gasteiger partial charge is 0.250 e. The van der Waals surface area contributed by atoms with Gasteiger partial charge in [-0.1, -0.05) is 12.1 Å². The van der Waals surface area contributed by atoms with E-state index in [9.17, 15) is 9.18 Å². The van der Waals surface area contributed by atoms with Crippen molar-refractivity contribution < 1.29 is 9.18 Å². The summed E-state index contributed by atoms with van der Waals surface area (Å²) in [6.07, 6.45) is 4.19. The number of hydrogen-bond acceptors (Lipinski definition) is 3. The van der Waals surface area contributed by atoms with Crippen molar-refractivity contribution in [1.29, 1.82) is 0 Å². The van der Waals surface area contributed by atoms with Crippen molar-refractivity contribution >= 4 is 17.9 Å². The van der Waals surface area contributed by atoms with Gasteiger partial charge >= 0.3 is 0 Å². The molecule has 1 aromatic carbocycles. The molecule has 2 aromatic rings. The number of aromatic amines is 1. The summed E-state index contributed by atoms with van der Waals surface area (Å²) in [6, 6.07) is 5.81. The maximum Gasteiger partial charge on any atom is 0.250 e. The van der Waals surface area contributed by atoms with Crippen LogP contribution >= 0.6 is 0 Å². The molecule has 86 valence electrons. The Morgan fingerprint density at radius 3 is 2.76 bits per heavy atom. The molecule has 0 atom stereocenters. The second kappa shape index (κ2) is 5.02. The van der Waals surface area contributed by atoms with Crippen molar-refractivity contribution in [3.05, 3.63) is 48.0 Å². The van der Waals surface area contributed by atoms with Crippen LogP contribution in [0.3, 0.4) is 0 Å². The number of halogens is 1. The average molecular weight is 232 g/mol. The van der Waals surface area contributed by atoms with Crippen LogP contribution in [-0.2, 0) is 4.79 Å². The lowest BCUT2D eigenvalue weighted by Gasteiger charge is -1.95. The van der Waals surface area contributed by atoms with Gasteiger partial charge in [0.1, 0.15) is 12.1 Å². The standard InChI is InChI=1S/C11H9FN4O/c12-9-4-1-8(2-5-9)3-6-10(17)15-11-13-7-14-16-11/h1-7H,(H2,13,14,15,16,17). The van der Waals surface area contributed by atoms with E-state index >= 15 is 0 Å². The molecule has 0 unspecified atom stereocenters. The first-order valence-corrected chi connectivity index (χ1v) is 4.84. The molecule has 0 aliphatic carbocycles. The Hall–Kier alpha value is -2.50. The van der Waals surface area contributed by atoms with E-state index in [2.05, 4.69) is 20.5 Å². The molecule has 0 bridgehead atoms. The van der Waals surface area contributed by atoms with Gasteiger partial charge in [-0.2, -0.15) is 10.1 Å². The number of benzene rings is 1. The number of aromatic nitrogens is 3. The van der Waals surface area contributed by atoms with Gasteiger partial charge in [0.25, 0.3) is 5.91 Å². The van der Waals surface area contributed by atoms with Gasteiger partial charge in [-0.15, -0.1) is 0 Å². The van der Waals surface area contributed by atoms with E-state index in [4.69, 9.17) is 0 Å². The predicted molar refractivity (Wildman–Crippen MR) is 60.4 cm³/mol. The van der Waals surface area contributed by atoms with Crippen LogP contribution in [0.15, 0.2) is 36.7 Å². The van der Waals surface area contributed by atoms with Crippen LogP contribution in [0.4, 0.5) is 10.3 Å². The Balaban J connectivity index is 1.96. The van der Waals surface area contributed by atoms with Crippen molar-refractivity contribution in [3.63, 3.8) is 0 Å². The molecule has 0 fully saturated rings. The lowest BCUT2D eigenvalue weighted by molar-refractivity contribution is -0.111. The summed E-state index contributed by atoms with van der Waals surface area (Å²) in [6.45, 7) is 0. The number of amides is 1. The summed E-state index contributed by atoms with van der Waals surface area (Å²) >= 11 is 0. The highest BCUT2D eigenvalue weighted by Crippen LogP contribution is 2.04. The summed E-state index contributed by atoms with van der Waals surface area (Å²) in [5.41, 5.74) is 0.735. The summed E-state index contributed by atoms with van der Waals surface area (Å²) < 4.78 is 12.6. The zero-order valence-electron chi connectivity index (χ0n) is 8.72. The van der Waals surface area contributed by atoms with Crippen LogP contribution in [0, 0.1) is 5.82 Å². The van der Waals surface area contributed by atoms with Gasteiger partial charge in [-0.25, -0.2) is 9.49 Å². The third kappa shape index (κ3) is 3.23. The topological polar surface area (TPSA) is 70.7 Å². The number of H-pyrrole nitrogens is 1. The molecular weight excluding hydrogens is 223 g/mol. The second-order valence-corrected chi connectivity index (χ2v) is 3.21. The summed E-state index contributed by atoms with van der Waals surface area (Å²) in [7, 11) is 0. The number of nitrogens with one attached hydrogen (secondary N) is 2. The highest BCUT2D eigenvalue weighted by atomic mass is 19.1. The fraction of sp³-hybridized carbons (Fsp3) is 0. The molecule has 2 rings (SSSR count). The second-order valence-electron chi connectivity index (χ2n) is 3.21. The van der Waals surface area contributed by atoms with Crippen molar-refractivity contribution in [2.45, 2.75) is 0 Å². The van der Waals surface area contributed by atoms with E-state index < -0.39 is 0 Å². The van der Waals surface area contributed by atoms with Crippen LogP contribution in [0.25, 0.3) is 6.08 Å². The van der Waals surface area contributed by atoms with E-state index in [-0.39, 0.29) is 17.7 Å². The van der Waals surface area contributed by atoms with Crippen LogP contribution in [0.5, 0.6) is 0 Å². The SMILES string of the molecule is O=C(C=Cc1ccc(F)cc1)Nc1ncn[nH]1. The first-order valence-electron chi connectivity index (χ1n) is 4.84. The largest absolute Gasteiger partial charge is 0.291 e. The Kier molecular flexibility index (Phi) is 3.25. The minimum Gasteiger partial charge on any atom is -0.291 e. The van der Waals surface area contributed by atoms with Gasteiger partial charge in [-0.3, -0.25) is 10.1 Å². The Morgan fingerprint density at radius 1 is 1.35 bits per heavy atom. The first kappa shape index (κ1) is 11.0. The molecule has 0 saturated carbocycles. The molecule has 1 heterocycles. The van der Waals surface area contributed by atoms with Gasteiger partial charge in [0.05, 0.1) is 0 Å². The number of nitrogens with zero attached hydrogens (tertiary/aromatic N) is 2. The fourth-order valence-corrected chi connectivity index (χ4v) is 1.17. The maximum atomic E-state index is 12.6. The lowest BCUT2D eigenvalue weighted by Crippen LogP contribution is -2.08. The number of carbonyl (C=O) groups excluding carboxylic acids is 1. The van der Waals surface area contributed by atoms with Crippen molar-refractivity contribution in [2.75, 3.05) is 5.32 Å².